The summed E-state index contributed by atoms with van der Waals surface area (Å²) in [7, 11) is 0. The van der Waals surface area contributed by atoms with E-state index < -0.39 is 6.03 Å². The number of nitrogens with one attached hydrogen (secondary N) is 2. The van der Waals surface area contributed by atoms with Crippen LogP contribution < -0.4 is 16.4 Å². The summed E-state index contributed by atoms with van der Waals surface area (Å²) in [5.41, 5.74) is 5.83. The van der Waals surface area contributed by atoms with Crippen LogP contribution in [0.15, 0.2) is 0 Å². The first kappa shape index (κ1) is 18.1. The first-order valence-corrected chi connectivity index (χ1v) is 6.58. The molecule has 2 atom stereocenters. The molecule has 0 spiro atoms. The van der Waals surface area contributed by atoms with Crippen LogP contribution in [0, 0.1) is 5.92 Å². The number of halogens is 1. The van der Waals surface area contributed by atoms with E-state index in [1.54, 1.807) is 0 Å². The summed E-state index contributed by atoms with van der Waals surface area (Å²) in [6.07, 6.45) is 1.87. The van der Waals surface area contributed by atoms with Gasteiger partial charge in [0.2, 0.25) is 5.91 Å². The predicted molar refractivity (Wildman–Crippen MR) is 77.3 cm³/mol. The molecule has 0 aliphatic carbocycles. The highest BCUT2D eigenvalue weighted by Gasteiger charge is 2.26. The van der Waals surface area contributed by atoms with E-state index in [-0.39, 0.29) is 30.9 Å². The minimum Gasteiger partial charge on any atom is -0.338 e. The third-order valence-corrected chi connectivity index (χ3v) is 3.21. The average molecular weight is 293 g/mol. The molecule has 7 heteroatoms. The van der Waals surface area contributed by atoms with E-state index in [1.807, 2.05) is 18.7 Å². The molecule has 112 valence electrons. The maximum atomic E-state index is 11.6. The van der Waals surface area contributed by atoms with Crippen LogP contribution in [0.25, 0.3) is 0 Å². The molecule has 1 saturated heterocycles. The summed E-state index contributed by atoms with van der Waals surface area (Å²) >= 11 is 0. The Kier molecular flexibility index (Phi) is 8.71. The maximum Gasteiger partial charge on any atom is 0.321 e. The predicted octanol–water partition coefficient (Wildman–Crippen LogP) is 0.313. The quantitative estimate of drug-likeness (QED) is 0.681. The van der Waals surface area contributed by atoms with Crippen molar-refractivity contribution < 1.29 is 9.59 Å². The second-order valence-electron chi connectivity index (χ2n) is 4.95. The maximum absolute atomic E-state index is 11.6. The van der Waals surface area contributed by atoms with E-state index in [4.69, 9.17) is 5.73 Å². The first-order valence-electron chi connectivity index (χ1n) is 6.58. The van der Waals surface area contributed by atoms with Crippen molar-refractivity contribution in [1.82, 2.24) is 15.5 Å². The molecule has 0 aromatic heterocycles. The highest BCUT2D eigenvalue weighted by atomic mass is 35.5. The zero-order valence-electron chi connectivity index (χ0n) is 11.6. The van der Waals surface area contributed by atoms with Crippen LogP contribution >= 0.6 is 12.4 Å². The Labute approximate surface area is 120 Å². The van der Waals surface area contributed by atoms with Crippen LogP contribution in [0.4, 0.5) is 4.79 Å². The monoisotopic (exact) mass is 292 g/mol. The summed E-state index contributed by atoms with van der Waals surface area (Å²) in [4.78, 5) is 24.9. The number of nitrogens with zero attached hydrogens (tertiary/aromatic N) is 1. The van der Waals surface area contributed by atoms with E-state index >= 15 is 0 Å². The van der Waals surface area contributed by atoms with Gasteiger partial charge in [0.15, 0.2) is 0 Å². The van der Waals surface area contributed by atoms with Crippen LogP contribution in [0.1, 0.15) is 26.7 Å². The molecule has 4 N–H and O–H groups in total. The van der Waals surface area contributed by atoms with Crippen molar-refractivity contribution in [3.63, 3.8) is 0 Å². The van der Waals surface area contributed by atoms with E-state index in [1.165, 1.54) is 0 Å². The van der Waals surface area contributed by atoms with Crippen LogP contribution in [-0.4, -0.2) is 49.1 Å². The molecule has 1 fully saturated rings. The fourth-order valence-electron chi connectivity index (χ4n) is 2.09. The Hall–Kier alpha value is -0.850. The Balaban J connectivity index is 0.00000324. The lowest BCUT2D eigenvalue weighted by molar-refractivity contribution is -0.120. The number of rotatable bonds is 5. The first-order chi connectivity index (χ1) is 8.52. The Morgan fingerprint density at radius 3 is 2.68 bits per heavy atom. The van der Waals surface area contributed by atoms with Gasteiger partial charge in [0.05, 0.1) is 6.54 Å². The van der Waals surface area contributed by atoms with Gasteiger partial charge < -0.3 is 11.1 Å². The largest absolute Gasteiger partial charge is 0.338 e. The minimum absolute atomic E-state index is 0. The number of carbonyl (C=O) groups is 2. The van der Waals surface area contributed by atoms with Gasteiger partial charge >= 0.3 is 6.03 Å². The number of carbonyl (C=O) groups excluding carboxylic acids is 2. The Morgan fingerprint density at radius 1 is 1.47 bits per heavy atom. The number of hydrogen-bond donors (Lipinski definition) is 3. The van der Waals surface area contributed by atoms with Gasteiger partial charge in [-0.15, -0.1) is 12.4 Å². The third-order valence-electron chi connectivity index (χ3n) is 3.21. The van der Waals surface area contributed by atoms with E-state index in [2.05, 4.69) is 10.6 Å². The number of nitrogens with two attached hydrogens (primary N) is 1. The standard InChI is InChI=1S/C12H24N4O2.ClH/c1-3-5-14-12(18)15-11(17)8-16-6-4-10(7-16)9(2)13;/h9-10H,3-8,13H2,1-2H3,(H2,14,15,17,18);1H. The number of urea groups is 1. The number of imide groups is 1. The van der Waals surface area contributed by atoms with Gasteiger partial charge in [-0.2, -0.15) is 0 Å². The van der Waals surface area contributed by atoms with Gasteiger partial charge in [0.25, 0.3) is 0 Å². The van der Waals surface area contributed by atoms with Gasteiger partial charge in [-0.3, -0.25) is 15.0 Å². The lowest BCUT2D eigenvalue weighted by atomic mass is 10.0. The molecule has 0 bridgehead atoms. The molecule has 19 heavy (non-hydrogen) atoms. The molecular weight excluding hydrogens is 268 g/mol. The Morgan fingerprint density at radius 2 is 2.16 bits per heavy atom. The topological polar surface area (TPSA) is 87.5 Å². The number of likely N-dealkylation sites (tertiary alicyclic amines) is 1. The summed E-state index contributed by atoms with van der Waals surface area (Å²) in [5.74, 6) is 0.195. The molecule has 1 heterocycles. The minimum atomic E-state index is -0.412. The van der Waals surface area contributed by atoms with E-state index in [9.17, 15) is 9.59 Å². The second kappa shape index (κ2) is 9.12. The molecule has 0 radical (unpaired) electrons. The van der Waals surface area contributed by atoms with Crippen molar-refractivity contribution in [3.05, 3.63) is 0 Å². The van der Waals surface area contributed by atoms with Crippen molar-refractivity contribution in [3.8, 4) is 0 Å². The van der Waals surface area contributed by atoms with Crippen molar-refractivity contribution in [2.24, 2.45) is 11.7 Å². The van der Waals surface area contributed by atoms with E-state index in [0.717, 1.165) is 25.9 Å². The zero-order chi connectivity index (χ0) is 13.5. The SMILES string of the molecule is CCCNC(=O)NC(=O)CN1CCC(C(C)N)C1.Cl. The smallest absolute Gasteiger partial charge is 0.321 e. The molecule has 0 aromatic carbocycles. The van der Waals surface area contributed by atoms with E-state index in [0.29, 0.717) is 12.5 Å². The van der Waals surface area contributed by atoms with Crippen molar-refractivity contribution in [2.75, 3.05) is 26.2 Å². The fourth-order valence-corrected chi connectivity index (χ4v) is 2.09. The summed E-state index contributed by atoms with van der Waals surface area (Å²) in [6.45, 7) is 6.50. The van der Waals surface area contributed by atoms with Crippen LogP contribution in [0.3, 0.4) is 0 Å². The lowest BCUT2D eigenvalue weighted by Crippen LogP contribution is -2.44. The molecule has 3 amide bonds. The highest BCUT2D eigenvalue weighted by Crippen LogP contribution is 2.17. The summed E-state index contributed by atoms with van der Waals surface area (Å²) < 4.78 is 0. The molecule has 1 aliphatic heterocycles. The average Bonchev–Trinajstić information content (AvgIpc) is 2.74. The molecule has 6 nitrogen and oxygen atoms in total. The third kappa shape index (κ3) is 6.75. The van der Waals surface area contributed by atoms with Crippen molar-refractivity contribution >= 4 is 24.3 Å². The van der Waals surface area contributed by atoms with Gasteiger partial charge in [-0.25, -0.2) is 4.79 Å². The Bertz CT molecular complexity index is 299. The number of amides is 3. The molecule has 0 saturated carbocycles. The molecule has 2 unspecified atom stereocenters. The molecule has 0 aromatic rings. The normalized spacial score (nSPS) is 20.5. The molecule has 1 aliphatic rings. The van der Waals surface area contributed by atoms with Crippen LogP contribution in [-0.2, 0) is 4.79 Å². The molecular formula is C12H25ClN4O2. The van der Waals surface area contributed by atoms with Crippen LogP contribution in [0.2, 0.25) is 0 Å². The zero-order valence-corrected chi connectivity index (χ0v) is 12.5. The summed E-state index contributed by atoms with van der Waals surface area (Å²) in [6, 6.07) is -0.254. The lowest BCUT2D eigenvalue weighted by Gasteiger charge is -2.17. The van der Waals surface area contributed by atoms with Gasteiger partial charge in [-0.05, 0) is 32.2 Å². The fraction of sp³-hybridized carbons (Fsp3) is 0.833. The van der Waals surface area contributed by atoms with Crippen molar-refractivity contribution in [2.45, 2.75) is 32.7 Å². The van der Waals surface area contributed by atoms with Crippen LogP contribution in [0.5, 0.6) is 0 Å². The van der Waals surface area contributed by atoms with Gasteiger partial charge in [0, 0.05) is 19.1 Å². The summed E-state index contributed by atoms with van der Waals surface area (Å²) in [5, 5.41) is 4.93. The molecule has 1 rings (SSSR count). The number of hydrogen-bond acceptors (Lipinski definition) is 4. The van der Waals surface area contributed by atoms with Crippen molar-refractivity contribution in [1.29, 1.82) is 0 Å². The van der Waals surface area contributed by atoms with Gasteiger partial charge in [-0.1, -0.05) is 6.92 Å². The van der Waals surface area contributed by atoms with Gasteiger partial charge in [0.1, 0.15) is 0 Å². The second-order valence-corrected chi connectivity index (χ2v) is 4.95. The highest BCUT2D eigenvalue weighted by molar-refractivity contribution is 5.95.